The summed E-state index contributed by atoms with van der Waals surface area (Å²) in [6, 6.07) is 16.7. The summed E-state index contributed by atoms with van der Waals surface area (Å²) in [4.78, 5) is 7.17. The highest BCUT2D eigenvalue weighted by Gasteiger charge is 2.08. The zero-order valence-corrected chi connectivity index (χ0v) is 21.4. The zero-order chi connectivity index (χ0) is 21.7. The lowest BCUT2D eigenvalue weighted by Crippen LogP contribution is -2.37. The average Bonchev–Trinajstić information content (AvgIpc) is 3.36. The van der Waals surface area contributed by atoms with Crippen LogP contribution >= 0.6 is 24.0 Å². The van der Waals surface area contributed by atoms with E-state index in [0.29, 0.717) is 13.1 Å². The monoisotopic (exact) mass is 550 g/mol. The Bertz CT molecular complexity index is 847. The fourth-order valence-corrected chi connectivity index (χ4v) is 3.34. The van der Waals surface area contributed by atoms with E-state index in [2.05, 4.69) is 64.1 Å². The number of halogens is 1. The van der Waals surface area contributed by atoms with E-state index in [9.17, 15) is 0 Å². The second kappa shape index (κ2) is 14.7. The third kappa shape index (κ3) is 8.70. The van der Waals surface area contributed by atoms with E-state index < -0.39 is 0 Å². The number of hydrogen-bond donors (Lipinski definition) is 2. The Labute approximate surface area is 209 Å². The minimum atomic E-state index is 0. The van der Waals surface area contributed by atoms with E-state index in [1.165, 1.54) is 16.8 Å². The van der Waals surface area contributed by atoms with Crippen LogP contribution in [0.5, 0.6) is 5.75 Å². The maximum atomic E-state index is 5.44. The number of nitrogens with one attached hydrogen (secondary N) is 2. The van der Waals surface area contributed by atoms with Gasteiger partial charge in [-0.2, -0.15) is 0 Å². The van der Waals surface area contributed by atoms with Crippen LogP contribution in [-0.4, -0.2) is 45.9 Å². The first-order valence-electron chi connectivity index (χ1n) is 11.0. The number of nitrogens with zero attached hydrogens (tertiary/aromatic N) is 2. The molecule has 32 heavy (non-hydrogen) atoms. The van der Waals surface area contributed by atoms with Gasteiger partial charge in [-0.05, 0) is 48.7 Å². The highest BCUT2D eigenvalue weighted by Crippen LogP contribution is 2.19. The van der Waals surface area contributed by atoms with E-state index in [0.717, 1.165) is 51.0 Å². The molecule has 0 bridgehead atoms. The first kappa shape index (κ1) is 26.0. The summed E-state index contributed by atoms with van der Waals surface area (Å²) < 4.78 is 10.7. The van der Waals surface area contributed by atoms with Crippen LogP contribution in [0, 0.1) is 0 Å². The third-order valence-electron chi connectivity index (χ3n) is 5.09. The fraction of sp³-hybridized carbons (Fsp3) is 0.400. The van der Waals surface area contributed by atoms with Crippen molar-refractivity contribution in [2.75, 3.05) is 44.9 Å². The SMILES string of the molecule is CCOCCCNC(=NCc1cccc(N2CC=CC2)c1)NCc1ccc(OC)cc1.I. The number of methoxy groups -OCH3 is 1. The Hall–Kier alpha value is -2.26. The normalized spacial score (nSPS) is 13.1. The molecule has 0 amide bonds. The van der Waals surface area contributed by atoms with Crippen molar-refractivity contribution in [3.05, 3.63) is 71.8 Å². The molecule has 0 spiro atoms. The highest BCUT2D eigenvalue weighted by atomic mass is 127. The summed E-state index contributed by atoms with van der Waals surface area (Å²) in [7, 11) is 1.68. The highest BCUT2D eigenvalue weighted by molar-refractivity contribution is 14.0. The lowest BCUT2D eigenvalue weighted by atomic mass is 10.2. The Balaban J connectivity index is 0.00000363. The molecule has 2 aromatic carbocycles. The Morgan fingerprint density at radius 3 is 2.53 bits per heavy atom. The molecule has 2 N–H and O–H groups in total. The first-order valence-corrected chi connectivity index (χ1v) is 11.0. The maximum Gasteiger partial charge on any atom is 0.191 e. The van der Waals surface area contributed by atoms with Crippen LogP contribution in [0.2, 0.25) is 0 Å². The summed E-state index contributed by atoms with van der Waals surface area (Å²) >= 11 is 0. The van der Waals surface area contributed by atoms with E-state index in [-0.39, 0.29) is 24.0 Å². The van der Waals surface area contributed by atoms with Crippen molar-refractivity contribution in [1.29, 1.82) is 0 Å². The minimum absolute atomic E-state index is 0. The molecule has 0 aromatic heterocycles. The third-order valence-corrected chi connectivity index (χ3v) is 5.09. The summed E-state index contributed by atoms with van der Waals surface area (Å²) in [5.74, 6) is 1.67. The van der Waals surface area contributed by atoms with Gasteiger partial charge in [-0.25, -0.2) is 4.99 Å². The van der Waals surface area contributed by atoms with Crippen LogP contribution in [0.15, 0.2) is 65.7 Å². The molecule has 174 valence electrons. The fourth-order valence-electron chi connectivity index (χ4n) is 3.34. The second-order valence-corrected chi connectivity index (χ2v) is 7.39. The molecule has 0 atom stereocenters. The molecule has 0 saturated heterocycles. The smallest absolute Gasteiger partial charge is 0.191 e. The van der Waals surface area contributed by atoms with Crippen molar-refractivity contribution >= 4 is 35.6 Å². The van der Waals surface area contributed by atoms with Gasteiger partial charge in [0.2, 0.25) is 0 Å². The van der Waals surface area contributed by atoms with E-state index in [4.69, 9.17) is 14.5 Å². The number of rotatable bonds is 11. The van der Waals surface area contributed by atoms with Crippen molar-refractivity contribution in [2.24, 2.45) is 4.99 Å². The Morgan fingerprint density at radius 2 is 1.81 bits per heavy atom. The van der Waals surface area contributed by atoms with Crippen LogP contribution in [-0.2, 0) is 17.8 Å². The van der Waals surface area contributed by atoms with Gasteiger partial charge in [-0.15, -0.1) is 24.0 Å². The van der Waals surface area contributed by atoms with Gasteiger partial charge in [0.1, 0.15) is 5.75 Å². The molecule has 2 aromatic rings. The molecule has 1 heterocycles. The van der Waals surface area contributed by atoms with Gasteiger partial charge in [-0.1, -0.05) is 36.4 Å². The quantitative estimate of drug-likeness (QED) is 0.143. The number of guanidine groups is 1. The van der Waals surface area contributed by atoms with E-state index >= 15 is 0 Å². The van der Waals surface area contributed by atoms with Gasteiger partial charge < -0.3 is 25.0 Å². The summed E-state index contributed by atoms with van der Waals surface area (Å²) in [6.07, 6.45) is 5.35. The lowest BCUT2D eigenvalue weighted by Gasteiger charge is -2.18. The van der Waals surface area contributed by atoms with Gasteiger partial charge in [0.05, 0.1) is 13.7 Å². The largest absolute Gasteiger partial charge is 0.497 e. The summed E-state index contributed by atoms with van der Waals surface area (Å²) in [6.45, 7) is 7.60. The predicted molar refractivity (Wildman–Crippen MR) is 143 cm³/mol. The van der Waals surface area contributed by atoms with Gasteiger partial charge in [0.25, 0.3) is 0 Å². The van der Waals surface area contributed by atoms with Crippen LogP contribution in [0.25, 0.3) is 0 Å². The van der Waals surface area contributed by atoms with Crippen LogP contribution in [0.1, 0.15) is 24.5 Å². The van der Waals surface area contributed by atoms with Crippen molar-refractivity contribution in [3.63, 3.8) is 0 Å². The molecule has 6 nitrogen and oxygen atoms in total. The predicted octanol–water partition coefficient (Wildman–Crippen LogP) is 4.35. The maximum absolute atomic E-state index is 5.44. The van der Waals surface area contributed by atoms with Crippen molar-refractivity contribution < 1.29 is 9.47 Å². The second-order valence-electron chi connectivity index (χ2n) is 7.39. The van der Waals surface area contributed by atoms with Crippen LogP contribution in [0.4, 0.5) is 5.69 Å². The molecular formula is C25H35IN4O2. The average molecular weight is 550 g/mol. The molecule has 1 aliphatic heterocycles. The first-order chi connectivity index (χ1) is 15.3. The summed E-state index contributed by atoms with van der Waals surface area (Å²) in [5, 5.41) is 6.87. The molecule has 7 heteroatoms. The molecule has 0 radical (unpaired) electrons. The van der Waals surface area contributed by atoms with Gasteiger partial charge in [-0.3, -0.25) is 0 Å². The lowest BCUT2D eigenvalue weighted by molar-refractivity contribution is 0.145. The molecule has 0 unspecified atom stereocenters. The molecule has 0 saturated carbocycles. The van der Waals surface area contributed by atoms with Gasteiger partial charge >= 0.3 is 0 Å². The molecule has 1 aliphatic rings. The number of aliphatic imine (C=N–C) groups is 1. The topological polar surface area (TPSA) is 58.1 Å². The van der Waals surface area contributed by atoms with Crippen molar-refractivity contribution in [3.8, 4) is 5.75 Å². The Morgan fingerprint density at radius 1 is 1.03 bits per heavy atom. The van der Waals surface area contributed by atoms with E-state index in [1.807, 2.05) is 19.1 Å². The number of anilines is 1. The number of benzene rings is 2. The molecule has 3 rings (SSSR count). The van der Waals surface area contributed by atoms with Gasteiger partial charge in [0.15, 0.2) is 5.96 Å². The Kier molecular flexibility index (Phi) is 12.0. The minimum Gasteiger partial charge on any atom is -0.497 e. The van der Waals surface area contributed by atoms with E-state index in [1.54, 1.807) is 7.11 Å². The van der Waals surface area contributed by atoms with Crippen molar-refractivity contribution in [2.45, 2.75) is 26.4 Å². The zero-order valence-electron chi connectivity index (χ0n) is 19.0. The number of hydrogen-bond acceptors (Lipinski definition) is 4. The molecular weight excluding hydrogens is 515 g/mol. The summed E-state index contributed by atoms with van der Waals surface area (Å²) in [5.41, 5.74) is 3.62. The van der Waals surface area contributed by atoms with Crippen molar-refractivity contribution in [1.82, 2.24) is 10.6 Å². The van der Waals surface area contributed by atoms with Crippen LogP contribution in [0.3, 0.4) is 0 Å². The standard InChI is InChI=1S/C25H34N4O2.HI/c1-3-31-17-7-14-26-25(27-19-21-10-12-24(30-2)13-11-21)28-20-22-8-6-9-23(18-22)29-15-4-5-16-29;/h4-6,8-13,18H,3,7,14-17,19-20H2,1-2H3,(H2,26,27,28);1H. The number of ether oxygens (including phenoxy) is 2. The van der Waals surface area contributed by atoms with Gasteiger partial charge in [0, 0.05) is 45.1 Å². The van der Waals surface area contributed by atoms with Crippen LogP contribution < -0.4 is 20.3 Å². The molecule has 0 aliphatic carbocycles. The molecule has 0 fully saturated rings.